The Balaban J connectivity index is 2.10. The van der Waals surface area contributed by atoms with Crippen LogP contribution < -0.4 is 5.73 Å². The van der Waals surface area contributed by atoms with Crippen molar-refractivity contribution in [3.8, 4) is 0 Å². The Labute approximate surface area is 116 Å². The minimum atomic E-state index is 0.774. The molecule has 2 N–H and O–H groups in total. The molecule has 1 aromatic carbocycles. The van der Waals surface area contributed by atoms with Gasteiger partial charge in [-0.2, -0.15) is 11.3 Å². The van der Waals surface area contributed by atoms with E-state index in [1.807, 2.05) is 12.1 Å². The first-order valence-corrected chi connectivity index (χ1v) is 7.48. The Morgan fingerprint density at radius 2 is 2.21 bits per heavy atom. The fourth-order valence-electron chi connectivity index (χ4n) is 2.35. The molecule has 0 saturated carbocycles. The fourth-order valence-corrected chi connectivity index (χ4v) is 3.01. The van der Waals surface area contributed by atoms with Crippen molar-refractivity contribution in [3.63, 3.8) is 0 Å². The first-order valence-electron chi connectivity index (χ1n) is 6.53. The Kier molecular flexibility index (Phi) is 3.25. The SMILES string of the molecule is CCCc1nc2cc(N)ccc2n1Cc1ccsc1. The Morgan fingerprint density at radius 3 is 2.95 bits per heavy atom. The summed E-state index contributed by atoms with van der Waals surface area (Å²) in [6, 6.07) is 8.15. The third-order valence-corrected chi connectivity index (χ3v) is 3.98. The third kappa shape index (κ3) is 2.36. The van der Waals surface area contributed by atoms with Gasteiger partial charge in [0.15, 0.2) is 0 Å². The minimum absolute atomic E-state index is 0.774. The van der Waals surface area contributed by atoms with Crippen LogP contribution in [0, 0.1) is 0 Å². The highest BCUT2D eigenvalue weighted by molar-refractivity contribution is 7.07. The molecule has 0 aliphatic carbocycles. The fraction of sp³-hybridized carbons (Fsp3) is 0.267. The van der Waals surface area contributed by atoms with Crippen molar-refractivity contribution in [3.05, 3.63) is 46.4 Å². The molecule has 0 aliphatic rings. The summed E-state index contributed by atoms with van der Waals surface area (Å²) in [6.07, 6.45) is 2.10. The van der Waals surface area contributed by atoms with Gasteiger partial charge in [0, 0.05) is 12.1 Å². The number of imidazole rings is 1. The van der Waals surface area contributed by atoms with Gasteiger partial charge >= 0.3 is 0 Å². The molecule has 3 aromatic rings. The van der Waals surface area contributed by atoms with Gasteiger partial charge in [-0.25, -0.2) is 4.98 Å². The molecule has 98 valence electrons. The van der Waals surface area contributed by atoms with E-state index in [4.69, 9.17) is 10.7 Å². The summed E-state index contributed by atoms with van der Waals surface area (Å²) in [6.45, 7) is 3.07. The van der Waals surface area contributed by atoms with E-state index < -0.39 is 0 Å². The molecule has 0 aliphatic heterocycles. The number of nitrogen functional groups attached to an aromatic ring is 1. The smallest absolute Gasteiger partial charge is 0.110 e. The molecular formula is C15H17N3S. The van der Waals surface area contributed by atoms with Crippen LogP contribution >= 0.6 is 11.3 Å². The lowest BCUT2D eigenvalue weighted by Crippen LogP contribution is -2.04. The van der Waals surface area contributed by atoms with Crippen molar-refractivity contribution >= 4 is 28.1 Å². The quantitative estimate of drug-likeness (QED) is 0.736. The van der Waals surface area contributed by atoms with Crippen molar-refractivity contribution in [2.24, 2.45) is 0 Å². The van der Waals surface area contributed by atoms with Gasteiger partial charge in [-0.3, -0.25) is 0 Å². The van der Waals surface area contributed by atoms with Crippen LogP contribution in [-0.4, -0.2) is 9.55 Å². The van der Waals surface area contributed by atoms with Crippen LogP contribution in [0.15, 0.2) is 35.0 Å². The number of thiophene rings is 1. The van der Waals surface area contributed by atoms with Crippen LogP contribution in [0.25, 0.3) is 11.0 Å². The van der Waals surface area contributed by atoms with Gasteiger partial charge in [-0.1, -0.05) is 6.92 Å². The lowest BCUT2D eigenvalue weighted by atomic mass is 10.2. The van der Waals surface area contributed by atoms with Gasteiger partial charge in [0.1, 0.15) is 5.82 Å². The van der Waals surface area contributed by atoms with E-state index in [0.717, 1.165) is 36.4 Å². The molecule has 0 atom stereocenters. The standard InChI is InChI=1S/C15H17N3S/c1-2-3-15-17-13-8-12(16)4-5-14(13)18(15)9-11-6-7-19-10-11/h4-8,10H,2-3,9,16H2,1H3. The van der Waals surface area contributed by atoms with E-state index in [1.54, 1.807) is 11.3 Å². The van der Waals surface area contributed by atoms with E-state index in [0.29, 0.717) is 0 Å². The summed E-state index contributed by atoms with van der Waals surface area (Å²) < 4.78 is 2.31. The molecule has 2 aromatic heterocycles. The number of aromatic nitrogens is 2. The topological polar surface area (TPSA) is 43.8 Å². The van der Waals surface area contributed by atoms with Gasteiger partial charge in [-0.05, 0) is 47.0 Å². The number of hydrogen-bond acceptors (Lipinski definition) is 3. The van der Waals surface area contributed by atoms with Gasteiger partial charge in [0.05, 0.1) is 17.6 Å². The molecular weight excluding hydrogens is 254 g/mol. The lowest BCUT2D eigenvalue weighted by molar-refractivity contribution is 0.723. The molecule has 3 rings (SSSR count). The minimum Gasteiger partial charge on any atom is -0.399 e. The predicted octanol–water partition coefficient (Wildman–Crippen LogP) is 3.68. The van der Waals surface area contributed by atoms with Gasteiger partial charge in [0.2, 0.25) is 0 Å². The highest BCUT2D eigenvalue weighted by Gasteiger charge is 2.10. The number of nitrogens with two attached hydrogens (primary N) is 1. The van der Waals surface area contributed by atoms with E-state index in [1.165, 1.54) is 11.1 Å². The average molecular weight is 271 g/mol. The molecule has 0 saturated heterocycles. The second-order valence-electron chi connectivity index (χ2n) is 4.74. The largest absolute Gasteiger partial charge is 0.399 e. The van der Waals surface area contributed by atoms with Crippen LogP contribution in [0.5, 0.6) is 0 Å². The number of aryl methyl sites for hydroxylation is 1. The highest BCUT2D eigenvalue weighted by atomic mass is 32.1. The van der Waals surface area contributed by atoms with Crippen molar-refractivity contribution in [1.29, 1.82) is 0 Å². The number of benzene rings is 1. The summed E-state index contributed by atoms with van der Waals surface area (Å²) in [5, 5.41) is 4.31. The van der Waals surface area contributed by atoms with E-state index >= 15 is 0 Å². The number of nitrogens with zero attached hydrogens (tertiary/aromatic N) is 2. The number of fused-ring (bicyclic) bond motifs is 1. The normalized spacial score (nSPS) is 11.2. The summed E-state index contributed by atoms with van der Waals surface area (Å²) >= 11 is 1.73. The zero-order valence-corrected chi connectivity index (χ0v) is 11.8. The predicted molar refractivity (Wildman–Crippen MR) is 81.6 cm³/mol. The first kappa shape index (κ1) is 12.2. The van der Waals surface area contributed by atoms with Crippen molar-refractivity contribution in [1.82, 2.24) is 9.55 Å². The third-order valence-electron chi connectivity index (χ3n) is 3.25. The Hall–Kier alpha value is -1.81. The summed E-state index contributed by atoms with van der Waals surface area (Å²) in [4.78, 5) is 4.73. The second-order valence-corrected chi connectivity index (χ2v) is 5.52. The lowest BCUT2D eigenvalue weighted by Gasteiger charge is -2.07. The molecule has 2 heterocycles. The van der Waals surface area contributed by atoms with Crippen LogP contribution in [0.3, 0.4) is 0 Å². The highest BCUT2D eigenvalue weighted by Crippen LogP contribution is 2.22. The molecule has 0 amide bonds. The van der Waals surface area contributed by atoms with Crippen LogP contribution in [-0.2, 0) is 13.0 Å². The molecule has 0 radical (unpaired) electrons. The van der Waals surface area contributed by atoms with E-state index in [2.05, 4.69) is 34.4 Å². The van der Waals surface area contributed by atoms with Crippen LogP contribution in [0.4, 0.5) is 5.69 Å². The van der Waals surface area contributed by atoms with Crippen LogP contribution in [0.2, 0.25) is 0 Å². The first-order chi connectivity index (χ1) is 9.28. The van der Waals surface area contributed by atoms with E-state index in [-0.39, 0.29) is 0 Å². The Bertz CT molecular complexity index is 683. The molecule has 0 bridgehead atoms. The number of rotatable bonds is 4. The van der Waals surface area contributed by atoms with Crippen molar-refractivity contribution < 1.29 is 0 Å². The van der Waals surface area contributed by atoms with Gasteiger partial charge < -0.3 is 10.3 Å². The summed E-state index contributed by atoms with van der Waals surface area (Å²) in [7, 11) is 0. The molecule has 4 heteroatoms. The molecule has 19 heavy (non-hydrogen) atoms. The number of anilines is 1. The van der Waals surface area contributed by atoms with Gasteiger partial charge in [-0.15, -0.1) is 0 Å². The van der Waals surface area contributed by atoms with Gasteiger partial charge in [0.25, 0.3) is 0 Å². The number of hydrogen-bond donors (Lipinski definition) is 1. The summed E-state index contributed by atoms with van der Waals surface area (Å²) in [5.41, 5.74) is 10.1. The maximum Gasteiger partial charge on any atom is 0.110 e. The molecule has 0 unspecified atom stereocenters. The molecule has 0 spiro atoms. The second kappa shape index (κ2) is 5.05. The maximum atomic E-state index is 5.85. The van der Waals surface area contributed by atoms with Crippen molar-refractivity contribution in [2.75, 3.05) is 5.73 Å². The zero-order chi connectivity index (χ0) is 13.2. The molecule has 0 fully saturated rings. The van der Waals surface area contributed by atoms with E-state index in [9.17, 15) is 0 Å². The van der Waals surface area contributed by atoms with Crippen LogP contribution in [0.1, 0.15) is 24.7 Å². The van der Waals surface area contributed by atoms with Crippen molar-refractivity contribution in [2.45, 2.75) is 26.3 Å². The Morgan fingerprint density at radius 1 is 1.32 bits per heavy atom. The maximum absolute atomic E-state index is 5.85. The monoisotopic (exact) mass is 271 g/mol. The zero-order valence-electron chi connectivity index (χ0n) is 11.0. The average Bonchev–Trinajstić information content (AvgIpc) is 2.99. The molecule has 3 nitrogen and oxygen atoms in total. The summed E-state index contributed by atoms with van der Waals surface area (Å²) in [5.74, 6) is 1.15.